The molecule has 94 valence electrons. The van der Waals surface area contributed by atoms with Gasteiger partial charge in [0, 0.05) is 6.20 Å². The van der Waals surface area contributed by atoms with Gasteiger partial charge in [-0.2, -0.15) is 5.10 Å². The number of carbonyl (C=O) groups is 1. The van der Waals surface area contributed by atoms with Crippen LogP contribution in [0, 0.1) is 0 Å². The van der Waals surface area contributed by atoms with E-state index < -0.39 is 0 Å². The van der Waals surface area contributed by atoms with E-state index in [1.54, 1.807) is 12.3 Å². The lowest BCUT2D eigenvalue weighted by Gasteiger charge is -2.14. The monoisotopic (exact) mass is 244 g/mol. The number of hydrogen-bond donors (Lipinski definition) is 2. The molecule has 0 bridgehead atoms. The van der Waals surface area contributed by atoms with E-state index in [1.165, 1.54) is 4.68 Å². The summed E-state index contributed by atoms with van der Waals surface area (Å²) < 4.78 is 1.52. The summed E-state index contributed by atoms with van der Waals surface area (Å²) >= 11 is 0. The minimum absolute atomic E-state index is 0.0217. The highest BCUT2D eigenvalue weighted by Crippen LogP contribution is 2.10. The zero-order valence-electron chi connectivity index (χ0n) is 10.2. The molecule has 1 atom stereocenters. The first-order valence-corrected chi connectivity index (χ1v) is 5.78. The molecule has 3 N–H and O–H groups in total. The van der Waals surface area contributed by atoms with Gasteiger partial charge in [0.15, 0.2) is 0 Å². The van der Waals surface area contributed by atoms with Crippen molar-refractivity contribution >= 4 is 11.7 Å². The van der Waals surface area contributed by atoms with Crippen LogP contribution in [0.2, 0.25) is 0 Å². The number of hydrogen-bond acceptors (Lipinski definition) is 3. The lowest BCUT2D eigenvalue weighted by atomic mass is 10.1. The van der Waals surface area contributed by atoms with E-state index in [9.17, 15) is 4.79 Å². The van der Waals surface area contributed by atoms with Crippen LogP contribution in [-0.4, -0.2) is 15.7 Å². The van der Waals surface area contributed by atoms with Gasteiger partial charge in [-0.1, -0.05) is 30.3 Å². The molecular formula is C13H16N4O. The molecule has 0 aliphatic heterocycles. The van der Waals surface area contributed by atoms with Crippen LogP contribution in [0.3, 0.4) is 0 Å². The number of aromatic nitrogens is 2. The molecule has 0 aliphatic carbocycles. The Hall–Kier alpha value is -2.30. The van der Waals surface area contributed by atoms with Crippen LogP contribution in [0.15, 0.2) is 42.6 Å². The Morgan fingerprint density at radius 2 is 2.11 bits per heavy atom. The van der Waals surface area contributed by atoms with Crippen LogP contribution in [0.1, 0.15) is 18.5 Å². The van der Waals surface area contributed by atoms with Crippen molar-refractivity contribution < 1.29 is 4.79 Å². The number of rotatable bonds is 4. The lowest BCUT2D eigenvalue weighted by molar-refractivity contribution is -0.122. The quantitative estimate of drug-likeness (QED) is 0.852. The van der Waals surface area contributed by atoms with Gasteiger partial charge in [-0.05, 0) is 18.6 Å². The smallest absolute Gasteiger partial charge is 0.242 e. The second-order valence-electron chi connectivity index (χ2n) is 4.14. The van der Waals surface area contributed by atoms with E-state index in [4.69, 9.17) is 5.73 Å². The summed E-state index contributed by atoms with van der Waals surface area (Å²) in [6.45, 7) is 2.12. The fraction of sp³-hybridized carbons (Fsp3) is 0.231. The first-order valence-electron chi connectivity index (χ1n) is 5.78. The van der Waals surface area contributed by atoms with Gasteiger partial charge in [-0.15, -0.1) is 0 Å². The molecule has 1 aromatic carbocycles. The predicted octanol–water partition coefficient (Wildman–Crippen LogP) is 1.34. The van der Waals surface area contributed by atoms with E-state index in [1.807, 2.05) is 37.3 Å². The summed E-state index contributed by atoms with van der Waals surface area (Å²) in [6, 6.07) is 11.5. The molecule has 18 heavy (non-hydrogen) atoms. The average molecular weight is 244 g/mol. The van der Waals surface area contributed by atoms with Crippen molar-refractivity contribution in [3.63, 3.8) is 0 Å². The summed E-state index contributed by atoms with van der Waals surface area (Å²) in [5, 5.41) is 6.88. The zero-order valence-corrected chi connectivity index (χ0v) is 10.2. The third-order valence-electron chi connectivity index (χ3n) is 2.64. The molecule has 0 saturated carbocycles. The van der Waals surface area contributed by atoms with Gasteiger partial charge < -0.3 is 11.1 Å². The van der Waals surface area contributed by atoms with Crippen molar-refractivity contribution in [3.8, 4) is 0 Å². The molecule has 0 radical (unpaired) electrons. The van der Waals surface area contributed by atoms with Crippen LogP contribution in [0.4, 0.5) is 5.82 Å². The third kappa shape index (κ3) is 3.10. The Balaban J connectivity index is 1.92. The highest BCUT2D eigenvalue weighted by Gasteiger charge is 2.09. The van der Waals surface area contributed by atoms with E-state index in [2.05, 4.69) is 10.4 Å². The van der Waals surface area contributed by atoms with Crippen LogP contribution < -0.4 is 11.1 Å². The van der Waals surface area contributed by atoms with Crippen LogP contribution in [0.25, 0.3) is 0 Å². The number of benzene rings is 1. The maximum atomic E-state index is 11.8. The minimum Gasteiger partial charge on any atom is -0.382 e. The van der Waals surface area contributed by atoms with E-state index in [-0.39, 0.29) is 18.5 Å². The second kappa shape index (κ2) is 5.35. The fourth-order valence-electron chi connectivity index (χ4n) is 1.72. The third-order valence-corrected chi connectivity index (χ3v) is 2.64. The zero-order chi connectivity index (χ0) is 13.0. The lowest BCUT2D eigenvalue weighted by Crippen LogP contribution is -2.30. The minimum atomic E-state index is -0.0885. The van der Waals surface area contributed by atoms with Gasteiger partial charge in [0.25, 0.3) is 0 Å². The maximum absolute atomic E-state index is 11.8. The normalized spacial score (nSPS) is 12.1. The summed E-state index contributed by atoms with van der Waals surface area (Å²) in [4.78, 5) is 11.8. The molecule has 1 amide bonds. The Bertz CT molecular complexity index is 521. The first kappa shape index (κ1) is 12.2. The molecule has 0 unspecified atom stereocenters. The van der Waals surface area contributed by atoms with Crippen LogP contribution in [0.5, 0.6) is 0 Å². The molecule has 0 spiro atoms. The Kier molecular flexibility index (Phi) is 3.62. The molecule has 2 rings (SSSR count). The Morgan fingerprint density at radius 3 is 2.72 bits per heavy atom. The van der Waals surface area contributed by atoms with Crippen LogP contribution >= 0.6 is 0 Å². The molecule has 1 heterocycles. The van der Waals surface area contributed by atoms with Crippen molar-refractivity contribution in [2.45, 2.75) is 19.5 Å². The SMILES string of the molecule is C[C@@H](NC(=O)Cn1ccc(N)n1)c1ccccc1. The van der Waals surface area contributed by atoms with Crippen molar-refractivity contribution in [2.75, 3.05) is 5.73 Å². The van der Waals surface area contributed by atoms with Crippen molar-refractivity contribution in [3.05, 3.63) is 48.2 Å². The Labute approximate surface area is 106 Å². The van der Waals surface area contributed by atoms with Crippen molar-refractivity contribution in [2.24, 2.45) is 0 Å². The number of carbonyl (C=O) groups excluding carboxylic acids is 1. The van der Waals surface area contributed by atoms with Gasteiger partial charge in [-0.25, -0.2) is 0 Å². The molecule has 0 fully saturated rings. The van der Waals surface area contributed by atoms with Crippen molar-refractivity contribution in [1.82, 2.24) is 15.1 Å². The standard InChI is InChI=1S/C13H16N4O/c1-10(11-5-3-2-4-6-11)15-13(18)9-17-8-7-12(14)16-17/h2-8,10H,9H2,1H3,(H2,14,16)(H,15,18)/t10-/m1/s1. The number of anilines is 1. The predicted molar refractivity (Wildman–Crippen MR) is 69.6 cm³/mol. The highest BCUT2D eigenvalue weighted by atomic mass is 16.2. The number of nitrogen functional groups attached to an aromatic ring is 1. The maximum Gasteiger partial charge on any atom is 0.242 e. The number of nitrogens with zero attached hydrogens (tertiary/aromatic N) is 2. The van der Waals surface area contributed by atoms with Crippen LogP contribution in [-0.2, 0) is 11.3 Å². The Morgan fingerprint density at radius 1 is 1.39 bits per heavy atom. The van der Waals surface area contributed by atoms with E-state index in [0.717, 1.165) is 5.56 Å². The summed E-state index contributed by atoms with van der Waals surface area (Å²) in [5.74, 6) is 0.327. The molecule has 1 aromatic heterocycles. The summed E-state index contributed by atoms with van der Waals surface area (Å²) in [7, 11) is 0. The molecular weight excluding hydrogens is 228 g/mol. The van der Waals surface area contributed by atoms with Gasteiger partial charge in [0.2, 0.25) is 5.91 Å². The number of nitrogens with two attached hydrogens (primary N) is 1. The highest BCUT2D eigenvalue weighted by molar-refractivity contribution is 5.76. The average Bonchev–Trinajstić information content (AvgIpc) is 2.75. The van der Waals surface area contributed by atoms with Gasteiger partial charge >= 0.3 is 0 Å². The number of amides is 1. The second-order valence-corrected chi connectivity index (χ2v) is 4.14. The van der Waals surface area contributed by atoms with Crippen molar-refractivity contribution in [1.29, 1.82) is 0 Å². The molecule has 5 nitrogen and oxygen atoms in total. The molecule has 2 aromatic rings. The largest absolute Gasteiger partial charge is 0.382 e. The van der Waals surface area contributed by atoms with E-state index in [0.29, 0.717) is 5.82 Å². The topological polar surface area (TPSA) is 72.9 Å². The molecule has 5 heteroatoms. The number of nitrogens with one attached hydrogen (secondary N) is 1. The molecule has 0 aliphatic rings. The van der Waals surface area contributed by atoms with Gasteiger partial charge in [0.1, 0.15) is 12.4 Å². The fourth-order valence-corrected chi connectivity index (χ4v) is 1.72. The summed E-state index contributed by atoms with van der Waals surface area (Å²) in [5.41, 5.74) is 6.56. The van der Waals surface area contributed by atoms with E-state index >= 15 is 0 Å². The molecule has 0 saturated heterocycles. The first-order chi connectivity index (χ1) is 8.65. The van der Waals surface area contributed by atoms with Gasteiger partial charge in [-0.3, -0.25) is 9.48 Å². The van der Waals surface area contributed by atoms with Gasteiger partial charge in [0.05, 0.1) is 6.04 Å². The summed E-state index contributed by atoms with van der Waals surface area (Å²) in [6.07, 6.45) is 1.68.